The van der Waals surface area contributed by atoms with Gasteiger partial charge >= 0.3 is 0 Å². The fourth-order valence-corrected chi connectivity index (χ4v) is 2.94. The van der Waals surface area contributed by atoms with Crippen molar-refractivity contribution in [2.75, 3.05) is 7.11 Å². The lowest BCUT2D eigenvalue weighted by molar-refractivity contribution is 0.415. The summed E-state index contributed by atoms with van der Waals surface area (Å²) in [6.07, 6.45) is 1.68. The van der Waals surface area contributed by atoms with Crippen LogP contribution in [0, 0.1) is 0 Å². The van der Waals surface area contributed by atoms with Crippen molar-refractivity contribution < 1.29 is 4.74 Å². The Labute approximate surface area is 108 Å². The van der Waals surface area contributed by atoms with Crippen LogP contribution in [0.5, 0.6) is 5.75 Å². The van der Waals surface area contributed by atoms with E-state index < -0.39 is 0 Å². The molecule has 0 atom stereocenters. The summed E-state index contributed by atoms with van der Waals surface area (Å²) in [7, 11) is 1.64. The number of thiophene rings is 1. The second-order valence-electron chi connectivity index (χ2n) is 3.93. The minimum Gasteiger partial charge on any atom is -0.497 e. The number of fused-ring (bicyclic) bond motifs is 1. The number of ether oxygens (including phenoxy) is 1. The first-order valence-corrected chi connectivity index (χ1v) is 6.41. The van der Waals surface area contributed by atoms with Crippen molar-refractivity contribution in [1.29, 1.82) is 0 Å². The van der Waals surface area contributed by atoms with Gasteiger partial charge in [-0.25, -0.2) is 0 Å². The zero-order valence-corrected chi connectivity index (χ0v) is 10.6. The molecule has 1 aromatic carbocycles. The maximum absolute atomic E-state index is 11.9. The molecule has 0 radical (unpaired) electrons. The van der Waals surface area contributed by atoms with Crippen LogP contribution in [-0.4, -0.2) is 12.1 Å². The van der Waals surface area contributed by atoms with E-state index in [1.165, 1.54) is 0 Å². The normalized spacial score (nSPS) is 10.7. The summed E-state index contributed by atoms with van der Waals surface area (Å²) in [5, 5.41) is 2.74. The van der Waals surface area contributed by atoms with Gasteiger partial charge in [-0.15, -0.1) is 11.3 Å². The molecule has 3 nitrogen and oxygen atoms in total. The lowest BCUT2D eigenvalue weighted by Gasteiger charge is -2.03. The van der Waals surface area contributed by atoms with Crippen LogP contribution in [0.4, 0.5) is 0 Å². The number of pyridine rings is 1. The molecule has 4 heteroatoms. The minimum atomic E-state index is 0.0443. The van der Waals surface area contributed by atoms with Gasteiger partial charge < -0.3 is 9.72 Å². The SMILES string of the molecule is COc1cccc(-c2csc3[nH]ccc(=O)c23)c1. The average molecular weight is 257 g/mol. The van der Waals surface area contributed by atoms with Crippen molar-refractivity contribution >= 4 is 21.6 Å². The summed E-state index contributed by atoms with van der Waals surface area (Å²) >= 11 is 1.54. The van der Waals surface area contributed by atoms with E-state index in [1.54, 1.807) is 30.7 Å². The van der Waals surface area contributed by atoms with E-state index >= 15 is 0 Å². The molecule has 2 heterocycles. The summed E-state index contributed by atoms with van der Waals surface area (Å²) in [4.78, 5) is 15.9. The first-order valence-electron chi connectivity index (χ1n) is 5.53. The number of hydrogen-bond donors (Lipinski definition) is 1. The fourth-order valence-electron chi connectivity index (χ4n) is 1.99. The molecule has 0 unspecified atom stereocenters. The first kappa shape index (κ1) is 11.0. The van der Waals surface area contributed by atoms with Crippen LogP contribution in [0.3, 0.4) is 0 Å². The molecular formula is C14H11NO2S. The molecule has 0 amide bonds. The van der Waals surface area contributed by atoms with Crippen molar-refractivity contribution in [3.8, 4) is 16.9 Å². The predicted molar refractivity (Wildman–Crippen MR) is 74.4 cm³/mol. The summed E-state index contributed by atoms with van der Waals surface area (Å²) in [5.74, 6) is 0.791. The molecule has 90 valence electrons. The second-order valence-corrected chi connectivity index (χ2v) is 4.81. The molecule has 18 heavy (non-hydrogen) atoms. The van der Waals surface area contributed by atoms with Crippen molar-refractivity contribution in [1.82, 2.24) is 4.98 Å². The largest absolute Gasteiger partial charge is 0.497 e. The van der Waals surface area contributed by atoms with Gasteiger partial charge in [0.25, 0.3) is 0 Å². The Morgan fingerprint density at radius 2 is 2.17 bits per heavy atom. The number of aromatic amines is 1. The van der Waals surface area contributed by atoms with Gasteiger partial charge in [0.05, 0.1) is 12.5 Å². The zero-order valence-electron chi connectivity index (χ0n) is 9.77. The molecule has 0 saturated heterocycles. The van der Waals surface area contributed by atoms with Gasteiger partial charge in [-0.1, -0.05) is 12.1 Å². The van der Waals surface area contributed by atoms with Crippen LogP contribution in [0.1, 0.15) is 0 Å². The third kappa shape index (κ3) is 1.71. The smallest absolute Gasteiger partial charge is 0.190 e. The monoisotopic (exact) mass is 257 g/mol. The van der Waals surface area contributed by atoms with Crippen LogP contribution in [-0.2, 0) is 0 Å². The van der Waals surface area contributed by atoms with Gasteiger partial charge in [-0.05, 0) is 17.7 Å². The van der Waals surface area contributed by atoms with E-state index in [2.05, 4.69) is 4.98 Å². The van der Waals surface area contributed by atoms with Crippen LogP contribution >= 0.6 is 11.3 Å². The van der Waals surface area contributed by atoms with Gasteiger partial charge in [0.2, 0.25) is 0 Å². The van der Waals surface area contributed by atoms with Gasteiger partial charge in [-0.2, -0.15) is 0 Å². The molecule has 0 aliphatic carbocycles. The van der Waals surface area contributed by atoms with Crippen LogP contribution in [0.2, 0.25) is 0 Å². The highest BCUT2D eigenvalue weighted by Crippen LogP contribution is 2.32. The molecule has 0 spiro atoms. The highest BCUT2D eigenvalue weighted by molar-refractivity contribution is 7.17. The van der Waals surface area contributed by atoms with Crippen LogP contribution in [0.25, 0.3) is 21.3 Å². The van der Waals surface area contributed by atoms with Crippen molar-refractivity contribution in [3.63, 3.8) is 0 Å². The quantitative estimate of drug-likeness (QED) is 0.765. The first-order chi connectivity index (χ1) is 8.79. The maximum Gasteiger partial charge on any atom is 0.190 e. The molecule has 3 rings (SSSR count). The Bertz CT molecular complexity index is 758. The van der Waals surface area contributed by atoms with Crippen molar-refractivity contribution in [3.05, 3.63) is 52.1 Å². The molecule has 0 aliphatic rings. The van der Waals surface area contributed by atoms with Crippen molar-refractivity contribution in [2.24, 2.45) is 0 Å². The molecule has 0 bridgehead atoms. The number of hydrogen-bond acceptors (Lipinski definition) is 3. The summed E-state index contributed by atoms with van der Waals surface area (Å²) in [6.45, 7) is 0. The molecule has 0 aliphatic heterocycles. The Hall–Kier alpha value is -2.07. The van der Waals surface area contributed by atoms with E-state index in [-0.39, 0.29) is 5.43 Å². The summed E-state index contributed by atoms with van der Waals surface area (Å²) in [5.41, 5.74) is 2.00. The summed E-state index contributed by atoms with van der Waals surface area (Å²) in [6, 6.07) is 9.29. The van der Waals surface area contributed by atoms with E-state index in [0.717, 1.165) is 27.1 Å². The number of benzene rings is 1. The second kappa shape index (κ2) is 4.31. The molecule has 2 aromatic heterocycles. The van der Waals surface area contributed by atoms with Crippen LogP contribution in [0.15, 0.2) is 46.7 Å². The third-order valence-electron chi connectivity index (χ3n) is 2.87. The van der Waals surface area contributed by atoms with E-state index in [0.29, 0.717) is 0 Å². The number of aromatic nitrogens is 1. The molecule has 1 N–H and O–H groups in total. The standard InChI is InChI=1S/C14H11NO2S/c1-17-10-4-2-3-9(7-10)11-8-18-14-13(11)12(16)5-6-15-14/h2-8H,1H3,(H,15,16). The maximum atomic E-state index is 11.9. The summed E-state index contributed by atoms with van der Waals surface area (Å²) < 4.78 is 5.21. The van der Waals surface area contributed by atoms with Gasteiger partial charge in [-0.3, -0.25) is 4.79 Å². The highest BCUT2D eigenvalue weighted by Gasteiger charge is 2.10. The van der Waals surface area contributed by atoms with E-state index in [1.807, 2.05) is 29.6 Å². The number of nitrogens with one attached hydrogen (secondary N) is 1. The lowest BCUT2D eigenvalue weighted by atomic mass is 10.1. The zero-order chi connectivity index (χ0) is 12.5. The van der Waals surface area contributed by atoms with E-state index in [4.69, 9.17) is 4.74 Å². The number of rotatable bonds is 2. The number of H-pyrrole nitrogens is 1. The number of methoxy groups -OCH3 is 1. The van der Waals surface area contributed by atoms with Gasteiger partial charge in [0.1, 0.15) is 10.6 Å². The Balaban J connectivity index is 2.28. The van der Waals surface area contributed by atoms with Crippen LogP contribution < -0.4 is 10.2 Å². The predicted octanol–water partition coefficient (Wildman–Crippen LogP) is 3.27. The highest BCUT2D eigenvalue weighted by atomic mass is 32.1. The lowest BCUT2D eigenvalue weighted by Crippen LogP contribution is -1.98. The fraction of sp³-hybridized carbons (Fsp3) is 0.0714. The van der Waals surface area contributed by atoms with Gasteiger partial charge in [0, 0.05) is 23.2 Å². The van der Waals surface area contributed by atoms with E-state index in [9.17, 15) is 4.79 Å². The molecular weight excluding hydrogens is 246 g/mol. The Kier molecular flexibility index (Phi) is 2.64. The molecule has 3 aromatic rings. The minimum absolute atomic E-state index is 0.0443. The topological polar surface area (TPSA) is 42.1 Å². The Morgan fingerprint density at radius 1 is 1.28 bits per heavy atom. The third-order valence-corrected chi connectivity index (χ3v) is 3.78. The van der Waals surface area contributed by atoms with Crippen molar-refractivity contribution in [2.45, 2.75) is 0 Å². The molecule has 0 saturated carbocycles. The van der Waals surface area contributed by atoms with Gasteiger partial charge in [0.15, 0.2) is 5.43 Å². The average Bonchev–Trinajstić information content (AvgIpc) is 2.84. The Morgan fingerprint density at radius 3 is 3.00 bits per heavy atom. The molecule has 0 fully saturated rings.